The van der Waals surface area contributed by atoms with Gasteiger partial charge < -0.3 is 9.47 Å². The Hall–Kier alpha value is -1.35. The summed E-state index contributed by atoms with van der Waals surface area (Å²) in [6.45, 7) is 0.227. The van der Waals surface area contributed by atoms with E-state index < -0.39 is 0 Å². The molecule has 0 saturated carbocycles. The highest BCUT2D eigenvalue weighted by Gasteiger charge is 2.19. The first-order valence-electron chi connectivity index (χ1n) is 5.09. The Balaban J connectivity index is 2.31. The van der Waals surface area contributed by atoms with Gasteiger partial charge in [0.05, 0.1) is 0 Å². The molecule has 15 heavy (non-hydrogen) atoms. The van der Waals surface area contributed by atoms with Gasteiger partial charge in [-0.05, 0) is 18.9 Å². The van der Waals surface area contributed by atoms with Crippen LogP contribution in [0.15, 0.2) is 18.2 Å². The van der Waals surface area contributed by atoms with E-state index in [1.807, 2.05) is 18.2 Å². The van der Waals surface area contributed by atoms with E-state index >= 15 is 0 Å². The maximum Gasteiger partial charge on any atom is 0.188 e. The van der Waals surface area contributed by atoms with Crippen molar-refractivity contribution in [2.75, 3.05) is 13.9 Å². The Morgan fingerprint density at radius 3 is 3.00 bits per heavy atom. The number of Topliss-reactive ketones (excluding diaryl/α,β-unsaturated/α-hetero) is 1. The van der Waals surface area contributed by atoms with E-state index in [1.165, 1.54) is 0 Å². The molecule has 0 aromatic heterocycles. The van der Waals surface area contributed by atoms with Gasteiger partial charge in [-0.1, -0.05) is 12.1 Å². The second-order valence-corrected chi connectivity index (χ2v) is 3.61. The van der Waals surface area contributed by atoms with Crippen LogP contribution in [-0.2, 0) is 11.2 Å². The molecule has 0 aliphatic heterocycles. The minimum Gasteiger partial charge on any atom is -0.467 e. The summed E-state index contributed by atoms with van der Waals surface area (Å²) in [4.78, 5) is 11.6. The molecule has 0 saturated heterocycles. The number of rotatable bonds is 3. The molecule has 0 bridgehead atoms. The number of hydrogen-bond donors (Lipinski definition) is 0. The molecule has 2 rings (SSSR count). The highest BCUT2D eigenvalue weighted by atomic mass is 16.7. The van der Waals surface area contributed by atoms with Gasteiger partial charge in [-0.25, -0.2) is 0 Å². The van der Waals surface area contributed by atoms with Crippen LogP contribution >= 0.6 is 0 Å². The molecule has 0 heterocycles. The minimum atomic E-state index is 0.221. The summed E-state index contributed by atoms with van der Waals surface area (Å²) >= 11 is 0. The number of hydrogen-bond acceptors (Lipinski definition) is 3. The predicted molar refractivity (Wildman–Crippen MR) is 56.2 cm³/mol. The van der Waals surface area contributed by atoms with Crippen molar-refractivity contribution in [3.05, 3.63) is 29.3 Å². The Morgan fingerprint density at radius 2 is 2.20 bits per heavy atom. The molecule has 1 aliphatic carbocycles. The summed E-state index contributed by atoms with van der Waals surface area (Å²) in [5.74, 6) is 1.00. The lowest BCUT2D eigenvalue weighted by molar-refractivity contribution is 0.0501. The predicted octanol–water partition coefficient (Wildman–Crippen LogP) is 2.19. The molecule has 0 atom stereocenters. The molecule has 3 heteroatoms. The minimum absolute atomic E-state index is 0.221. The number of carbonyl (C=O) groups excluding carboxylic acids is 1. The molecule has 1 aromatic carbocycles. The molecule has 0 amide bonds. The summed E-state index contributed by atoms with van der Waals surface area (Å²) in [7, 11) is 1.58. The number of benzene rings is 1. The van der Waals surface area contributed by atoms with E-state index in [4.69, 9.17) is 9.47 Å². The highest BCUT2D eigenvalue weighted by Crippen LogP contribution is 2.29. The quantitative estimate of drug-likeness (QED) is 0.711. The van der Waals surface area contributed by atoms with Gasteiger partial charge >= 0.3 is 0 Å². The normalized spacial score (nSPS) is 14.9. The number of ether oxygens (including phenoxy) is 2. The van der Waals surface area contributed by atoms with E-state index in [0.717, 1.165) is 29.7 Å². The average molecular weight is 206 g/mol. The molecule has 1 aromatic rings. The summed E-state index contributed by atoms with van der Waals surface area (Å²) in [6, 6.07) is 5.61. The van der Waals surface area contributed by atoms with Gasteiger partial charge in [0.1, 0.15) is 5.75 Å². The zero-order valence-electron chi connectivity index (χ0n) is 8.79. The van der Waals surface area contributed by atoms with Gasteiger partial charge in [-0.2, -0.15) is 0 Å². The van der Waals surface area contributed by atoms with Crippen molar-refractivity contribution in [1.82, 2.24) is 0 Å². The summed E-state index contributed by atoms with van der Waals surface area (Å²) in [6.07, 6.45) is 2.49. The molecule has 0 fully saturated rings. The van der Waals surface area contributed by atoms with E-state index in [-0.39, 0.29) is 12.6 Å². The van der Waals surface area contributed by atoms with Crippen molar-refractivity contribution in [1.29, 1.82) is 0 Å². The average Bonchev–Trinajstić information content (AvgIpc) is 2.27. The van der Waals surface area contributed by atoms with Crippen molar-refractivity contribution in [3.63, 3.8) is 0 Å². The SMILES string of the molecule is COCOc1cccc2c1CCCC2=O. The molecule has 0 spiro atoms. The van der Waals surface area contributed by atoms with Crippen LogP contribution in [0.4, 0.5) is 0 Å². The Bertz CT molecular complexity index is 371. The summed E-state index contributed by atoms with van der Waals surface area (Å²) < 4.78 is 10.3. The van der Waals surface area contributed by atoms with Gasteiger partial charge in [0.15, 0.2) is 12.6 Å². The standard InChI is InChI=1S/C12H14O3/c1-14-8-15-12-7-3-4-9-10(12)5-2-6-11(9)13/h3-4,7H,2,5-6,8H2,1H3. The first-order chi connectivity index (χ1) is 7.33. The van der Waals surface area contributed by atoms with Crippen molar-refractivity contribution in [3.8, 4) is 5.75 Å². The molecule has 0 radical (unpaired) electrons. The lowest BCUT2D eigenvalue weighted by Gasteiger charge is -2.18. The fourth-order valence-electron chi connectivity index (χ4n) is 1.90. The highest BCUT2D eigenvalue weighted by molar-refractivity contribution is 5.99. The monoisotopic (exact) mass is 206 g/mol. The van der Waals surface area contributed by atoms with E-state index in [1.54, 1.807) is 7.11 Å². The van der Waals surface area contributed by atoms with E-state index in [0.29, 0.717) is 6.42 Å². The molecule has 80 valence electrons. The van der Waals surface area contributed by atoms with Crippen LogP contribution in [0.3, 0.4) is 0 Å². The first-order valence-corrected chi connectivity index (χ1v) is 5.09. The van der Waals surface area contributed by atoms with Crippen molar-refractivity contribution >= 4 is 5.78 Å². The topological polar surface area (TPSA) is 35.5 Å². The van der Waals surface area contributed by atoms with Gasteiger partial charge in [0.25, 0.3) is 0 Å². The van der Waals surface area contributed by atoms with Gasteiger partial charge in [-0.15, -0.1) is 0 Å². The molecule has 0 unspecified atom stereocenters. The molecule has 1 aliphatic rings. The van der Waals surface area contributed by atoms with Gasteiger partial charge in [-0.3, -0.25) is 4.79 Å². The van der Waals surface area contributed by atoms with Crippen LogP contribution in [-0.4, -0.2) is 19.7 Å². The van der Waals surface area contributed by atoms with Crippen LogP contribution < -0.4 is 4.74 Å². The van der Waals surface area contributed by atoms with Crippen LogP contribution in [0.1, 0.15) is 28.8 Å². The smallest absolute Gasteiger partial charge is 0.188 e. The zero-order valence-corrected chi connectivity index (χ0v) is 8.79. The third-order valence-electron chi connectivity index (χ3n) is 2.60. The molecular formula is C12H14O3. The van der Waals surface area contributed by atoms with Gasteiger partial charge in [0.2, 0.25) is 0 Å². The fraction of sp³-hybridized carbons (Fsp3) is 0.417. The Kier molecular flexibility index (Phi) is 3.02. The lowest BCUT2D eigenvalue weighted by atomic mass is 9.90. The summed E-state index contributed by atoms with van der Waals surface area (Å²) in [5, 5.41) is 0. The van der Waals surface area contributed by atoms with Crippen LogP contribution in [0.2, 0.25) is 0 Å². The van der Waals surface area contributed by atoms with E-state index in [9.17, 15) is 4.79 Å². The first kappa shape index (κ1) is 10.2. The van der Waals surface area contributed by atoms with Crippen LogP contribution in [0.25, 0.3) is 0 Å². The van der Waals surface area contributed by atoms with Crippen molar-refractivity contribution in [2.45, 2.75) is 19.3 Å². The third-order valence-corrected chi connectivity index (χ3v) is 2.60. The number of carbonyl (C=O) groups is 1. The number of ketones is 1. The largest absolute Gasteiger partial charge is 0.467 e. The second kappa shape index (κ2) is 4.45. The van der Waals surface area contributed by atoms with E-state index in [2.05, 4.69) is 0 Å². The number of fused-ring (bicyclic) bond motifs is 1. The van der Waals surface area contributed by atoms with Crippen LogP contribution in [0.5, 0.6) is 5.75 Å². The fourth-order valence-corrected chi connectivity index (χ4v) is 1.90. The maximum absolute atomic E-state index is 11.6. The number of methoxy groups -OCH3 is 1. The zero-order chi connectivity index (χ0) is 10.7. The van der Waals surface area contributed by atoms with Crippen molar-refractivity contribution in [2.24, 2.45) is 0 Å². The van der Waals surface area contributed by atoms with Gasteiger partial charge in [0, 0.05) is 24.7 Å². The van der Waals surface area contributed by atoms with Crippen LogP contribution in [0, 0.1) is 0 Å². The Labute approximate surface area is 89.0 Å². The molecule has 3 nitrogen and oxygen atoms in total. The summed E-state index contributed by atoms with van der Waals surface area (Å²) in [5.41, 5.74) is 1.85. The van der Waals surface area contributed by atoms with Crippen molar-refractivity contribution < 1.29 is 14.3 Å². The molecule has 0 N–H and O–H groups in total. The second-order valence-electron chi connectivity index (χ2n) is 3.61. The lowest BCUT2D eigenvalue weighted by Crippen LogP contribution is -2.12. The Morgan fingerprint density at radius 1 is 1.33 bits per heavy atom. The third kappa shape index (κ3) is 2.02. The maximum atomic E-state index is 11.6. The molecular weight excluding hydrogens is 192 g/mol.